The van der Waals surface area contributed by atoms with Crippen molar-refractivity contribution in [3.63, 3.8) is 0 Å². The smallest absolute Gasteiger partial charge is 0.410 e. The molecular weight excluding hydrogens is 273 g/mol. The van der Waals surface area contributed by atoms with Crippen molar-refractivity contribution in [1.29, 1.82) is 0 Å². The van der Waals surface area contributed by atoms with Crippen molar-refractivity contribution < 1.29 is 13.9 Å². The maximum absolute atomic E-state index is 13.2. The van der Waals surface area contributed by atoms with E-state index in [4.69, 9.17) is 4.74 Å². The van der Waals surface area contributed by atoms with Gasteiger partial charge in [0.15, 0.2) is 0 Å². The Morgan fingerprint density at radius 1 is 1.43 bits per heavy atom. The molecule has 1 fully saturated rings. The van der Waals surface area contributed by atoms with E-state index in [1.165, 1.54) is 12.3 Å². The first-order valence-corrected chi connectivity index (χ1v) is 7.12. The highest BCUT2D eigenvalue weighted by Gasteiger charge is 2.30. The van der Waals surface area contributed by atoms with Crippen LogP contribution in [0, 0.1) is 5.95 Å². The van der Waals surface area contributed by atoms with Crippen molar-refractivity contribution >= 4 is 11.8 Å². The lowest BCUT2D eigenvalue weighted by molar-refractivity contribution is 0.0159. The molecule has 1 aromatic rings. The molecule has 2 heterocycles. The summed E-state index contributed by atoms with van der Waals surface area (Å²) in [5.74, 6) is -0.491. The highest BCUT2D eigenvalue weighted by Crippen LogP contribution is 2.21. The van der Waals surface area contributed by atoms with E-state index in [2.05, 4.69) is 9.88 Å². The lowest BCUT2D eigenvalue weighted by atomic mass is 10.1. The second kappa shape index (κ2) is 5.87. The minimum Gasteiger partial charge on any atom is -0.444 e. The molecule has 0 radical (unpaired) electrons. The molecule has 0 saturated carbocycles. The Morgan fingerprint density at radius 2 is 2.14 bits per heavy atom. The number of carbonyl (C=O) groups is 1. The molecule has 1 amide bonds. The van der Waals surface area contributed by atoms with Gasteiger partial charge in [-0.1, -0.05) is 0 Å². The number of aromatic nitrogens is 1. The average Bonchev–Trinajstić information content (AvgIpc) is 2.36. The van der Waals surface area contributed by atoms with Crippen LogP contribution in [0.5, 0.6) is 0 Å². The van der Waals surface area contributed by atoms with Crippen molar-refractivity contribution in [2.75, 3.05) is 24.5 Å². The number of nitrogens with zero attached hydrogens (tertiary/aromatic N) is 3. The summed E-state index contributed by atoms with van der Waals surface area (Å²) in [4.78, 5) is 19.5. The second-order valence-electron chi connectivity index (χ2n) is 6.31. The van der Waals surface area contributed by atoms with Crippen molar-refractivity contribution in [3.05, 3.63) is 24.3 Å². The molecule has 0 spiro atoms. The zero-order valence-corrected chi connectivity index (χ0v) is 13.0. The fourth-order valence-corrected chi connectivity index (χ4v) is 2.37. The van der Waals surface area contributed by atoms with E-state index < -0.39 is 11.5 Å². The van der Waals surface area contributed by atoms with Gasteiger partial charge in [-0.3, -0.25) is 0 Å². The number of amides is 1. The van der Waals surface area contributed by atoms with Crippen LogP contribution in [0.4, 0.5) is 14.9 Å². The van der Waals surface area contributed by atoms with Gasteiger partial charge in [-0.05, 0) is 33.8 Å². The molecule has 5 nitrogen and oxygen atoms in total. The van der Waals surface area contributed by atoms with E-state index in [9.17, 15) is 9.18 Å². The molecule has 1 aliphatic rings. The van der Waals surface area contributed by atoms with Gasteiger partial charge in [0.1, 0.15) is 5.60 Å². The van der Waals surface area contributed by atoms with Crippen molar-refractivity contribution in [2.45, 2.75) is 39.3 Å². The van der Waals surface area contributed by atoms with E-state index in [0.29, 0.717) is 19.6 Å². The summed E-state index contributed by atoms with van der Waals surface area (Å²) in [6.07, 6.45) is 1.16. The normalized spacial score (nSPS) is 19.6. The lowest BCUT2D eigenvalue weighted by Gasteiger charge is -2.41. The molecule has 0 bridgehead atoms. The predicted octanol–water partition coefficient (Wildman–Crippen LogP) is 2.67. The first-order valence-electron chi connectivity index (χ1n) is 7.12. The molecule has 2 rings (SSSR count). The summed E-state index contributed by atoms with van der Waals surface area (Å²) in [5, 5.41) is 0. The van der Waals surface area contributed by atoms with Gasteiger partial charge < -0.3 is 14.5 Å². The third-order valence-corrected chi connectivity index (χ3v) is 3.33. The van der Waals surface area contributed by atoms with Gasteiger partial charge in [0.05, 0.1) is 0 Å². The largest absolute Gasteiger partial charge is 0.444 e. The Bertz CT molecular complexity index is 516. The summed E-state index contributed by atoms with van der Waals surface area (Å²) >= 11 is 0. The summed E-state index contributed by atoms with van der Waals surface area (Å²) in [5.41, 5.74) is 0.292. The van der Waals surface area contributed by atoms with Gasteiger partial charge in [0.25, 0.3) is 0 Å². The molecule has 0 N–H and O–H groups in total. The van der Waals surface area contributed by atoms with E-state index >= 15 is 0 Å². The second-order valence-corrected chi connectivity index (χ2v) is 6.31. The lowest BCUT2D eigenvalue weighted by Crippen LogP contribution is -2.55. The molecular formula is C15H22FN3O2. The third kappa shape index (κ3) is 4.06. The Balaban J connectivity index is 2.01. The number of piperazine rings is 1. The topological polar surface area (TPSA) is 45.7 Å². The Morgan fingerprint density at radius 3 is 2.71 bits per heavy atom. The first kappa shape index (κ1) is 15.5. The number of halogens is 1. The number of carbonyl (C=O) groups excluding carboxylic acids is 1. The van der Waals surface area contributed by atoms with Crippen LogP contribution in [0.15, 0.2) is 18.3 Å². The standard InChI is InChI=1S/C15H22FN3O2/c1-11-10-18(12-5-6-17-13(16)9-12)7-8-19(11)14(20)21-15(2,3)4/h5-6,9,11H,7-8,10H2,1-4H3/t11-/m1/s1. The van der Waals surface area contributed by atoms with E-state index in [0.717, 1.165) is 5.69 Å². The van der Waals surface area contributed by atoms with Crippen LogP contribution in [-0.2, 0) is 4.74 Å². The molecule has 1 atom stereocenters. The Kier molecular flexibility index (Phi) is 4.34. The van der Waals surface area contributed by atoms with Gasteiger partial charge in [0.2, 0.25) is 5.95 Å². The van der Waals surface area contributed by atoms with Gasteiger partial charge in [0, 0.05) is 43.6 Å². The summed E-state index contributed by atoms with van der Waals surface area (Å²) in [6.45, 7) is 9.37. The van der Waals surface area contributed by atoms with Crippen LogP contribution < -0.4 is 4.90 Å². The first-order chi connectivity index (χ1) is 9.76. The minimum atomic E-state index is -0.498. The number of pyridine rings is 1. The van der Waals surface area contributed by atoms with Gasteiger partial charge in [-0.25, -0.2) is 9.78 Å². The van der Waals surface area contributed by atoms with E-state index in [-0.39, 0.29) is 12.1 Å². The van der Waals surface area contributed by atoms with Gasteiger partial charge >= 0.3 is 6.09 Å². The zero-order chi connectivity index (χ0) is 15.6. The fraction of sp³-hybridized carbons (Fsp3) is 0.600. The number of anilines is 1. The Labute approximate surface area is 124 Å². The van der Waals surface area contributed by atoms with Crippen LogP contribution in [0.3, 0.4) is 0 Å². The molecule has 0 aliphatic carbocycles. The Hall–Kier alpha value is -1.85. The summed E-state index contributed by atoms with van der Waals surface area (Å²) < 4.78 is 18.6. The molecule has 116 valence electrons. The van der Waals surface area contributed by atoms with Crippen LogP contribution in [0.1, 0.15) is 27.7 Å². The van der Waals surface area contributed by atoms with Crippen LogP contribution in [0.25, 0.3) is 0 Å². The SMILES string of the molecule is C[C@@H]1CN(c2ccnc(F)c2)CCN1C(=O)OC(C)(C)C. The molecule has 1 saturated heterocycles. The van der Waals surface area contributed by atoms with Crippen LogP contribution in [0.2, 0.25) is 0 Å². The van der Waals surface area contributed by atoms with Crippen molar-refractivity contribution in [3.8, 4) is 0 Å². The third-order valence-electron chi connectivity index (χ3n) is 3.33. The van der Waals surface area contributed by atoms with Crippen LogP contribution >= 0.6 is 0 Å². The van der Waals surface area contributed by atoms with Crippen LogP contribution in [-0.4, -0.2) is 47.3 Å². The molecule has 6 heteroatoms. The number of hydrogen-bond donors (Lipinski definition) is 0. The quantitative estimate of drug-likeness (QED) is 0.747. The van der Waals surface area contributed by atoms with E-state index in [1.807, 2.05) is 27.7 Å². The molecule has 0 unspecified atom stereocenters. The van der Waals surface area contributed by atoms with Gasteiger partial charge in [-0.15, -0.1) is 0 Å². The number of rotatable bonds is 1. The maximum Gasteiger partial charge on any atom is 0.410 e. The van der Waals surface area contributed by atoms with E-state index in [1.54, 1.807) is 11.0 Å². The fourth-order valence-electron chi connectivity index (χ4n) is 2.37. The predicted molar refractivity (Wildman–Crippen MR) is 78.8 cm³/mol. The minimum absolute atomic E-state index is 0.00447. The molecule has 21 heavy (non-hydrogen) atoms. The summed E-state index contributed by atoms with van der Waals surface area (Å²) in [6, 6.07) is 3.19. The monoisotopic (exact) mass is 295 g/mol. The van der Waals surface area contributed by atoms with Crippen molar-refractivity contribution in [1.82, 2.24) is 9.88 Å². The highest BCUT2D eigenvalue weighted by molar-refractivity contribution is 5.69. The number of hydrogen-bond acceptors (Lipinski definition) is 4. The average molecular weight is 295 g/mol. The zero-order valence-electron chi connectivity index (χ0n) is 13.0. The molecule has 0 aromatic carbocycles. The number of ether oxygens (including phenoxy) is 1. The molecule has 1 aromatic heterocycles. The van der Waals surface area contributed by atoms with Gasteiger partial charge in [-0.2, -0.15) is 4.39 Å². The summed E-state index contributed by atoms with van der Waals surface area (Å²) in [7, 11) is 0. The van der Waals surface area contributed by atoms with Crippen molar-refractivity contribution in [2.24, 2.45) is 0 Å². The molecule has 1 aliphatic heterocycles. The highest BCUT2D eigenvalue weighted by atomic mass is 19.1. The maximum atomic E-state index is 13.2.